The quantitative estimate of drug-likeness (QED) is 0.818. The fraction of sp³-hybridized carbons (Fsp3) is 0.316. The number of ether oxygens (including phenoxy) is 1. The van der Waals surface area contributed by atoms with E-state index in [2.05, 4.69) is 18.2 Å². The molecule has 2 aromatic rings. The molecule has 0 aliphatic heterocycles. The van der Waals surface area contributed by atoms with Crippen molar-refractivity contribution in [1.29, 1.82) is 5.26 Å². The molecule has 0 saturated heterocycles. The van der Waals surface area contributed by atoms with Crippen LogP contribution in [0.4, 0.5) is 0 Å². The third-order valence-electron chi connectivity index (χ3n) is 4.10. The third kappa shape index (κ3) is 3.25. The van der Waals surface area contributed by atoms with E-state index in [-0.39, 0.29) is 5.92 Å². The minimum absolute atomic E-state index is 0.0966. The summed E-state index contributed by atoms with van der Waals surface area (Å²) in [6.45, 7) is 0.575. The molecule has 2 nitrogen and oxygen atoms in total. The minimum atomic E-state index is -0.0966. The first kappa shape index (κ1) is 13.7. The summed E-state index contributed by atoms with van der Waals surface area (Å²) in [7, 11) is 0. The molecule has 106 valence electrons. The molecule has 1 aliphatic rings. The molecular formula is C19H19NO. The van der Waals surface area contributed by atoms with Gasteiger partial charge in [0.1, 0.15) is 5.75 Å². The Morgan fingerprint density at radius 1 is 1.05 bits per heavy atom. The Morgan fingerprint density at radius 3 is 2.67 bits per heavy atom. The second kappa shape index (κ2) is 6.45. The van der Waals surface area contributed by atoms with E-state index in [0.29, 0.717) is 6.61 Å². The van der Waals surface area contributed by atoms with Crippen molar-refractivity contribution in [2.45, 2.75) is 31.6 Å². The summed E-state index contributed by atoms with van der Waals surface area (Å²) in [6, 6.07) is 18.7. The van der Waals surface area contributed by atoms with Crippen molar-refractivity contribution < 1.29 is 4.74 Å². The summed E-state index contributed by atoms with van der Waals surface area (Å²) in [5.41, 5.74) is 3.95. The molecule has 0 radical (unpaired) electrons. The van der Waals surface area contributed by atoms with Gasteiger partial charge in [-0.05, 0) is 48.1 Å². The standard InChI is InChI=1S/C19H19NO/c20-14-18(15-5-2-1-3-6-15)11-12-21-19-10-9-16-7-4-8-17(16)13-19/h1-3,5-6,9-10,13,18H,4,7-8,11-12H2. The average molecular weight is 277 g/mol. The van der Waals surface area contributed by atoms with Crippen LogP contribution < -0.4 is 4.74 Å². The molecule has 1 aliphatic carbocycles. The van der Waals surface area contributed by atoms with E-state index < -0.39 is 0 Å². The van der Waals surface area contributed by atoms with E-state index in [1.54, 1.807) is 0 Å². The summed E-state index contributed by atoms with van der Waals surface area (Å²) in [5, 5.41) is 9.30. The van der Waals surface area contributed by atoms with Crippen LogP contribution in [0.5, 0.6) is 5.75 Å². The Kier molecular flexibility index (Phi) is 4.21. The van der Waals surface area contributed by atoms with Crippen molar-refractivity contribution in [2.75, 3.05) is 6.61 Å². The fourth-order valence-corrected chi connectivity index (χ4v) is 2.92. The maximum Gasteiger partial charge on any atom is 0.119 e. The number of hydrogen-bond donors (Lipinski definition) is 0. The molecule has 0 aromatic heterocycles. The third-order valence-corrected chi connectivity index (χ3v) is 4.10. The Balaban J connectivity index is 1.57. The molecule has 0 fully saturated rings. The normalized spacial score (nSPS) is 14.2. The lowest BCUT2D eigenvalue weighted by Crippen LogP contribution is -2.04. The van der Waals surface area contributed by atoms with Gasteiger partial charge in [-0.2, -0.15) is 5.26 Å². The maximum absolute atomic E-state index is 9.30. The number of benzene rings is 2. The molecular weight excluding hydrogens is 258 g/mol. The smallest absolute Gasteiger partial charge is 0.119 e. The molecule has 0 saturated carbocycles. The van der Waals surface area contributed by atoms with Gasteiger partial charge in [0.25, 0.3) is 0 Å². The molecule has 0 spiro atoms. The highest BCUT2D eigenvalue weighted by Crippen LogP contribution is 2.26. The van der Waals surface area contributed by atoms with E-state index in [0.717, 1.165) is 24.2 Å². The minimum Gasteiger partial charge on any atom is -0.494 e. The van der Waals surface area contributed by atoms with Gasteiger partial charge in [-0.15, -0.1) is 0 Å². The van der Waals surface area contributed by atoms with E-state index in [4.69, 9.17) is 4.74 Å². The lowest BCUT2D eigenvalue weighted by Gasteiger charge is -2.11. The summed E-state index contributed by atoms with van der Waals surface area (Å²) in [6.07, 6.45) is 4.33. The molecule has 0 bridgehead atoms. The number of rotatable bonds is 5. The summed E-state index contributed by atoms with van der Waals surface area (Å²) in [4.78, 5) is 0. The molecule has 1 atom stereocenters. The Hall–Kier alpha value is -2.27. The molecule has 0 amide bonds. The predicted molar refractivity (Wildman–Crippen MR) is 83.4 cm³/mol. The van der Waals surface area contributed by atoms with Crippen molar-refractivity contribution in [3.05, 3.63) is 65.2 Å². The first-order valence-corrected chi connectivity index (χ1v) is 7.56. The number of nitrogens with zero attached hydrogens (tertiary/aromatic N) is 1. The first-order chi connectivity index (χ1) is 10.4. The zero-order valence-corrected chi connectivity index (χ0v) is 12.1. The van der Waals surface area contributed by atoms with Crippen molar-refractivity contribution in [3.8, 4) is 11.8 Å². The van der Waals surface area contributed by atoms with Gasteiger partial charge in [0.15, 0.2) is 0 Å². The predicted octanol–water partition coefficient (Wildman–Crippen LogP) is 4.25. The van der Waals surface area contributed by atoms with Gasteiger partial charge in [0.05, 0.1) is 18.6 Å². The number of hydrogen-bond acceptors (Lipinski definition) is 2. The molecule has 1 unspecified atom stereocenters. The van der Waals surface area contributed by atoms with Gasteiger partial charge in [0, 0.05) is 6.42 Å². The van der Waals surface area contributed by atoms with Crippen LogP contribution in [-0.2, 0) is 12.8 Å². The first-order valence-electron chi connectivity index (χ1n) is 7.56. The summed E-state index contributed by atoms with van der Waals surface area (Å²) in [5.74, 6) is 0.834. The zero-order valence-electron chi connectivity index (χ0n) is 12.1. The highest BCUT2D eigenvalue weighted by atomic mass is 16.5. The second-order valence-electron chi connectivity index (χ2n) is 5.51. The molecule has 21 heavy (non-hydrogen) atoms. The molecule has 2 heteroatoms. The molecule has 2 aromatic carbocycles. The van der Waals surface area contributed by atoms with Gasteiger partial charge >= 0.3 is 0 Å². The zero-order chi connectivity index (χ0) is 14.5. The van der Waals surface area contributed by atoms with Crippen molar-refractivity contribution in [1.82, 2.24) is 0 Å². The lowest BCUT2D eigenvalue weighted by molar-refractivity contribution is 0.305. The van der Waals surface area contributed by atoms with Crippen LogP contribution in [0, 0.1) is 11.3 Å². The van der Waals surface area contributed by atoms with E-state index in [1.165, 1.54) is 24.0 Å². The van der Waals surface area contributed by atoms with Gasteiger partial charge in [-0.25, -0.2) is 0 Å². The number of fused-ring (bicyclic) bond motifs is 1. The van der Waals surface area contributed by atoms with Crippen molar-refractivity contribution in [3.63, 3.8) is 0 Å². The Labute approximate surface area is 126 Å². The van der Waals surface area contributed by atoms with Crippen LogP contribution in [0.15, 0.2) is 48.5 Å². The van der Waals surface area contributed by atoms with Crippen LogP contribution in [0.2, 0.25) is 0 Å². The largest absolute Gasteiger partial charge is 0.494 e. The van der Waals surface area contributed by atoms with Crippen molar-refractivity contribution >= 4 is 0 Å². The topological polar surface area (TPSA) is 33.0 Å². The summed E-state index contributed by atoms with van der Waals surface area (Å²) < 4.78 is 5.83. The highest BCUT2D eigenvalue weighted by Gasteiger charge is 2.12. The van der Waals surface area contributed by atoms with Crippen molar-refractivity contribution in [2.24, 2.45) is 0 Å². The summed E-state index contributed by atoms with van der Waals surface area (Å²) >= 11 is 0. The van der Waals surface area contributed by atoms with Crippen LogP contribution in [0.1, 0.15) is 35.4 Å². The van der Waals surface area contributed by atoms with Gasteiger partial charge < -0.3 is 4.74 Å². The number of nitriles is 1. The Morgan fingerprint density at radius 2 is 1.86 bits per heavy atom. The van der Waals surface area contributed by atoms with Gasteiger partial charge in [-0.1, -0.05) is 36.4 Å². The van der Waals surface area contributed by atoms with E-state index in [9.17, 15) is 5.26 Å². The van der Waals surface area contributed by atoms with E-state index >= 15 is 0 Å². The van der Waals surface area contributed by atoms with Gasteiger partial charge in [-0.3, -0.25) is 0 Å². The SMILES string of the molecule is N#CC(CCOc1ccc2c(c1)CCC2)c1ccccc1. The molecule has 3 rings (SSSR count). The monoisotopic (exact) mass is 277 g/mol. The second-order valence-corrected chi connectivity index (χ2v) is 5.51. The fourth-order valence-electron chi connectivity index (χ4n) is 2.92. The highest BCUT2D eigenvalue weighted by molar-refractivity contribution is 5.38. The number of aryl methyl sites for hydroxylation is 2. The van der Waals surface area contributed by atoms with E-state index in [1.807, 2.05) is 36.4 Å². The molecule has 0 heterocycles. The average Bonchev–Trinajstić information content (AvgIpc) is 3.00. The van der Waals surface area contributed by atoms with Gasteiger partial charge in [0.2, 0.25) is 0 Å². The molecule has 0 N–H and O–H groups in total. The van der Waals surface area contributed by atoms with Crippen LogP contribution in [-0.4, -0.2) is 6.61 Å². The van der Waals surface area contributed by atoms with Crippen LogP contribution in [0.25, 0.3) is 0 Å². The van der Waals surface area contributed by atoms with Crippen LogP contribution >= 0.6 is 0 Å². The Bertz CT molecular complexity index is 642. The lowest BCUT2D eigenvalue weighted by atomic mass is 9.98. The maximum atomic E-state index is 9.30. The van der Waals surface area contributed by atoms with Crippen LogP contribution in [0.3, 0.4) is 0 Å².